The second-order valence-corrected chi connectivity index (χ2v) is 6.96. The average Bonchev–Trinajstić information content (AvgIpc) is 2.38. The van der Waals surface area contributed by atoms with Crippen LogP contribution < -0.4 is 21.6 Å². The zero-order valence-corrected chi connectivity index (χ0v) is 12.9. The molecule has 20 heavy (non-hydrogen) atoms. The van der Waals surface area contributed by atoms with Crippen LogP contribution in [0, 0.1) is 0 Å². The summed E-state index contributed by atoms with van der Waals surface area (Å²) in [6.07, 6.45) is 2.01. The van der Waals surface area contributed by atoms with Crippen molar-refractivity contribution in [1.82, 2.24) is 15.1 Å². The first-order chi connectivity index (χ1) is 9.29. The predicted molar refractivity (Wildman–Crippen MR) is 76.6 cm³/mol. The number of rotatable bonds is 6. The molecule has 0 aromatic heterocycles. The van der Waals surface area contributed by atoms with Crippen LogP contribution in [0.3, 0.4) is 0 Å². The lowest BCUT2D eigenvalue weighted by Crippen LogP contribution is -2.52. The molecule has 0 aromatic carbocycles. The molecule has 116 valence electrons. The molecule has 0 spiro atoms. The van der Waals surface area contributed by atoms with E-state index in [2.05, 4.69) is 10.4 Å². The van der Waals surface area contributed by atoms with Gasteiger partial charge in [0.25, 0.3) is 0 Å². The molecule has 1 aliphatic rings. The fraction of sp³-hybridized carbons (Fsp3) is 0.818. The Morgan fingerprint density at radius 1 is 1.60 bits per heavy atom. The third kappa shape index (κ3) is 4.28. The van der Waals surface area contributed by atoms with Crippen LogP contribution in [0.2, 0.25) is 0 Å². The molecule has 1 heterocycles. The van der Waals surface area contributed by atoms with Crippen molar-refractivity contribution in [3.8, 4) is 0 Å². The highest BCUT2D eigenvalue weighted by atomic mass is 31.2. The van der Waals surface area contributed by atoms with E-state index in [1.807, 2.05) is 6.92 Å². The lowest BCUT2D eigenvalue weighted by atomic mass is 10.1. The summed E-state index contributed by atoms with van der Waals surface area (Å²) in [5.74, 6) is -0.734. The van der Waals surface area contributed by atoms with Gasteiger partial charge in [-0.25, -0.2) is 5.09 Å². The fourth-order valence-electron chi connectivity index (χ4n) is 1.99. The molecular weight excluding hydrogens is 281 g/mol. The van der Waals surface area contributed by atoms with Crippen molar-refractivity contribution in [1.29, 1.82) is 0 Å². The topological polar surface area (TPSA) is 131 Å². The number of nitrogens with zero attached hydrogens (tertiary/aromatic N) is 1. The molecule has 1 aliphatic heterocycles. The Labute approximate surface area is 119 Å². The SMILES string of the molecule is CCCNC(=O)C(C)NP(N)(=O)N1CCC[C@H](N)C1=O. The molecule has 0 saturated carbocycles. The maximum absolute atomic E-state index is 12.4. The van der Waals surface area contributed by atoms with Gasteiger partial charge in [-0.15, -0.1) is 0 Å². The lowest BCUT2D eigenvalue weighted by Gasteiger charge is -2.35. The Morgan fingerprint density at radius 3 is 2.85 bits per heavy atom. The van der Waals surface area contributed by atoms with E-state index >= 15 is 0 Å². The van der Waals surface area contributed by atoms with Gasteiger partial charge in [0.2, 0.25) is 11.8 Å². The quantitative estimate of drug-likeness (QED) is 0.490. The fourth-order valence-corrected chi connectivity index (χ4v) is 3.68. The predicted octanol–water partition coefficient (Wildman–Crippen LogP) is -0.493. The van der Waals surface area contributed by atoms with Crippen LogP contribution in [0.5, 0.6) is 0 Å². The Balaban J connectivity index is 2.66. The van der Waals surface area contributed by atoms with Gasteiger partial charge in [0.05, 0.1) is 12.1 Å². The van der Waals surface area contributed by atoms with Crippen molar-refractivity contribution in [3.63, 3.8) is 0 Å². The number of piperidine rings is 1. The van der Waals surface area contributed by atoms with Crippen LogP contribution in [0.25, 0.3) is 0 Å². The molecule has 0 radical (unpaired) electrons. The number of carbonyl (C=O) groups is 2. The van der Waals surface area contributed by atoms with E-state index in [1.54, 1.807) is 6.92 Å². The highest BCUT2D eigenvalue weighted by molar-refractivity contribution is 7.57. The number of hydrogen-bond donors (Lipinski definition) is 4. The third-order valence-corrected chi connectivity index (χ3v) is 5.01. The lowest BCUT2D eigenvalue weighted by molar-refractivity contribution is -0.130. The monoisotopic (exact) mass is 305 g/mol. The molecular formula is C11H24N5O3P. The molecule has 1 saturated heterocycles. The number of nitrogens with two attached hydrogens (primary N) is 2. The van der Waals surface area contributed by atoms with Gasteiger partial charge in [-0.05, 0) is 26.2 Å². The molecule has 1 fully saturated rings. The summed E-state index contributed by atoms with van der Waals surface area (Å²) in [6, 6.07) is -1.42. The van der Waals surface area contributed by atoms with Crippen LogP contribution in [0.4, 0.5) is 0 Å². The summed E-state index contributed by atoms with van der Waals surface area (Å²) in [6.45, 7) is 4.31. The largest absolute Gasteiger partial charge is 0.355 e. The first-order valence-electron chi connectivity index (χ1n) is 6.81. The van der Waals surface area contributed by atoms with E-state index < -0.39 is 25.6 Å². The van der Waals surface area contributed by atoms with Crippen LogP contribution in [-0.2, 0) is 14.2 Å². The highest BCUT2D eigenvalue weighted by Crippen LogP contribution is 2.39. The zero-order valence-electron chi connectivity index (χ0n) is 12.0. The van der Waals surface area contributed by atoms with Crippen LogP contribution in [0.15, 0.2) is 0 Å². The van der Waals surface area contributed by atoms with E-state index in [1.165, 1.54) is 0 Å². The zero-order chi connectivity index (χ0) is 15.3. The normalized spacial score (nSPS) is 24.1. The molecule has 3 atom stereocenters. The minimum absolute atomic E-state index is 0.288. The number of hydrogen-bond acceptors (Lipinski definition) is 4. The highest BCUT2D eigenvalue weighted by Gasteiger charge is 2.37. The minimum Gasteiger partial charge on any atom is -0.355 e. The summed E-state index contributed by atoms with van der Waals surface area (Å²) in [5, 5.41) is 5.23. The maximum atomic E-state index is 12.4. The average molecular weight is 305 g/mol. The van der Waals surface area contributed by atoms with E-state index in [0.717, 1.165) is 11.1 Å². The van der Waals surface area contributed by atoms with Gasteiger partial charge in [0.15, 0.2) is 0 Å². The Morgan fingerprint density at radius 2 is 2.25 bits per heavy atom. The Kier molecular flexibility index (Phi) is 6.13. The Bertz CT molecular complexity index is 417. The second-order valence-electron chi connectivity index (χ2n) is 4.97. The Hall–Kier alpha value is -0.950. The van der Waals surface area contributed by atoms with E-state index in [-0.39, 0.29) is 12.5 Å². The second kappa shape index (κ2) is 7.17. The van der Waals surface area contributed by atoms with Crippen molar-refractivity contribution in [3.05, 3.63) is 0 Å². The van der Waals surface area contributed by atoms with Gasteiger partial charge >= 0.3 is 7.59 Å². The van der Waals surface area contributed by atoms with Crippen molar-refractivity contribution in [2.24, 2.45) is 11.2 Å². The van der Waals surface area contributed by atoms with Gasteiger partial charge in [0, 0.05) is 13.1 Å². The maximum Gasteiger partial charge on any atom is 0.306 e. The summed E-state index contributed by atoms with van der Waals surface area (Å²) >= 11 is 0. The molecule has 2 amide bonds. The van der Waals surface area contributed by atoms with E-state index in [0.29, 0.717) is 19.4 Å². The molecule has 1 rings (SSSR count). The van der Waals surface area contributed by atoms with Gasteiger partial charge in [-0.1, -0.05) is 6.92 Å². The smallest absolute Gasteiger partial charge is 0.306 e. The number of amides is 2. The molecule has 0 bridgehead atoms. The van der Waals surface area contributed by atoms with Crippen LogP contribution in [-0.4, -0.2) is 41.7 Å². The number of nitrogens with one attached hydrogen (secondary N) is 2. The standard InChI is InChI=1S/C11H24N5O3P/c1-3-6-14-10(17)8(2)15-20(13,19)16-7-4-5-9(12)11(16)18/h8-9H,3-7,12H2,1-2H3,(H,14,17)(H3,13,15,19)/t8?,9-,20?/m0/s1. The van der Waals surface area contributed by atoms with Crippen LogP contribution >= 0.6 is 7.59 Å². The van der Waals surface area contributed by atoms with Gasteiger partial charge in [-0.2, -0.15) is 0 Å². The van der Waals surface area contributed by atoms with Gasteiger partial charge in [-0.3, -0.25) is 24.3 Å². The molecule has 2 unspecified atom stereocenters. The van der Waals surface area contributed by atoms with Crippen molar-refractivity contribution < 1.29 is 14.2 Å². The van der Waals surface area contributed by atoms with E-state index in [9.17, 15) is 14.2 Å². The van der Waals surface area contributed by atoms with Crippen molar-refractivity contribution in [2.75, 3.05) is 13.1 Å². The summed E-state index contributed by atoms with van der Waals surface area (Å²) < 4.78 is 13.5. The van der Waals surface area contributed by atoms with Gasteiger partial charge in [0.1, 0.15) is 0 Å². The van der Waals surface area contributed by atoms with E-state index in [4.69, 9.17) is 11.2 Å². The van der Waals surface area contributed by atoms with Crippen molar-refractivity contribution >= 4 is 19.4 Å². The first-order valence-corrected chi connectivity index (χ1v) is 8.54. The summed E-state index contributed by atoms with van der Waals surface area (Å²) in [5.41, 5.74) is 11.4. The first kappa shape index (κ1) is 17.1. The third-order valence-electron chi connectivity index (χ3n) is 3.14. The summed E-state index contributed by atoms with van der Waals surface area (Å²) in [4.78, 5) is 23.6. The molecule has 0 aromatic rings. The molecule has 8 nitrogen and oxygen atoms in total. The van der Waals surface area contributed by atoms with Gasteiger partial charge < -0.3 is 11.1 Å². The van der Waals surface area contributed by atoms with Crippen molar-refractivity contribution in [2.45, 2.75) is 45.2 Å². The molecule has 0 aliphatic carbocycles. The summed E-state index contributed by atoms with van der Waals surface area (Å²) in [7, 11) is -3.61. The molecule has 9 heteroatoms. The number of carbonyl (C=O) groups excluding carboxylic acids is 2. The minimum atomic E-state index is -3.61. The van der Waals surface area contributed by atoms with Crippen LogP contribution in [0.1, 0.15) is 33.1 Å². The molecule has 6 N–H and O–H groups in total.